The fourth-order valence-corrected chi connectivity index (χ4v) is 4.88. The van der Waals surface area contributed by atoms with Crippen molar-refractivity contribution in [1.29, 1.82) is 0 Å². The first-order valence-corrected chi connectivity index (χ1v) is 11.3. The molecular formula is C22H27N3O3S. The quantitative estimate of drug-likeness (QED) is 0.684. The smallest absolute Gasteiger partial charge is 0.226 e. The molecule has 0 bridgehead atoms. The van der Waals surface area contributed by atoms with Crippen molar-refractivity contribution in [2.45, 2.75) is 64.2 Å². The summed E-state index contributed by atoms with van der Waals surface area (Å²) in [5.74, 6) is 0.827. The van der Waals surface area contributed by atoms with Gasteiger partial charge in [0.1, 0.15) is 5.75 Å². The minimum absolute atomic E-state index is 0.0107. The van der Waals surface area contributed by atoms with Crippen LogP contribution in [0.3, 0.4) is 0 Å². The Morgan fingerprint density at radius 3 is 2.90 bits per heavy atom. The number of hydrogen-bond donors (Lipinski definition) is 2. The molecule has 1 aliphatic carbocycles. The number of aryl methyl sites for hydroxylation is 3. The lowest BCUT2D eigenvalue weighted by Crippen LogP contribution is -2.18. The maximum Gasteiger partial charge on any atom is 0.226 e. The van der Waals surface area contributed by atoms with Gasteiger partial charge in [-0.05, 0) is 62.3 Å². The van der Waals surface area contributed by atoms with Crippen LogP contribution in [0.15, 0.2) is 18.2 Å². The molecule has 2 N–H and O–H groups in total. The summed E-state index contributed by atoms with van der Waals surface area (Å²) in [5, 5.41) is 6.56. The second kappa shape index (κ2) is 9.39. The van der Waals surface area contributed by atoms with Crippen molar-refractivity contribution in [1.82, 2.24) is 4.98 Å². The first-order valence-electron chi connectivity index (χ1n) is 10.5. The molecule has 2 heterocycles. The van der Waals surface area contributed by atoms with Crippen LogP contribution in [0.2, 0.25) is 0 Å². The summed E-state index contributed by atoms with van der Waals surface area (Å²) in [7, 11) is 0. The molecule has 2 amide bonds. The van der Waals surface area contributed by atoms with Gasteiger partial charge in [0.25, 0.3) is 0 Å². The number of hydrogen-bond acceptors (Lipinski definition) is 5. The molecule has 4 rings (SSSR count). The maximum absolute atomic E-state index is 12.3. The number of aromatic nitrogens is 1. The molecule has 1 aromatic heterocycles. The van der Waals surface area contributed by atoms with Gasteiger partial charge in [-0.2, -0.15) is 0 Å². The largest absolute Gasteiger partial charge is 0.494 e. The summed E-state index contributed by atoms with van der Waals surface area (Å²) in [6.45, 7) is 0.479. The number of ether oxygens (including phenoxy) is 1. The van der Waals surface area contributed by atoms with Gasteiger partial charge in [-0.25, -0.2) is 4.98 Å². The van der Waals surface area contributed by atoms with Gasteiger partial charge >= 0.3 is 0 Å². The molecule has 0 saturated heterocycles. The van der Waals surface area contributed by atoms with Gasteiger partial charge < -0.3 is 15.4 Å². The molecule has 2 aromatic rings. The average Bonchev–Trinajstić information content (AvgIpc) is 3.05. The first kappa shape index (κ1) is 19.9. The highest BCUT2D eigenvalue weighted by atomic mass is 32.1. The molecule has 0 radical (unpaired) electrons. The van der Waals surface area contributed by atoms with Gasteiger partial charge in [0.15, 0.2) is 5.13 Å². The molecule has 0 fully saturated rings. The molecule has 1 aliphatic heterocycles. The monoisotopic (exact) mass is 413 g/mol. The van der Waals surface area contributed by atoms with E-state index in [9.17, 15) is 9.59 Å². The number of benzene rings is 1. The molecule has 7 heteroatoms. The first-order chi connectivity index (χ1) is 14.2. The van der Waals surface area contributed by atoms with Crippen molar-refractivity contribution in [2.75, 3.05) is 17.2 Å². The molecule has 0 spiro atoms. The van der Waals surface area contributed by atoms with Crippen molar-refractivity contribution in [3.8, 4) is 5.75 Å². The van der Waals surface area contributed by atoms with Crippen LogP contribution < -0.4 is 15.4 Å². The summed E-state index contributed by atoms with van der Waals surface area (Å²) in [4.78, 5) is 29.7. The molecule has 154 valence electrons. The molecule has 1 aromatic carbocycles. The zero-order valence-corrected chi connectivity index (χ0v) is 17.4. The summed E-state index contributed by atoms with van der Waals surface area (Å²) in [6.07, 6.45) is 9.38. The van der Waals surface area contributed by atoms with Crippen LogP contribution in [0, 0.1) is 0 Å². The second-order valence-corrected chi connectivity index (χ2v) is 8.75. The lowest BCUT2D eigenvalue weighted by Gasteiger charge is -2.17. The zero-order valence-electron chi connectivity index (χ0n) is 16.6. The summed E-state index contributed by atoms with van der Waals surface area (Å²) in [5.41, 5.74) is 3.14. The summed E-state index contributed by atoms with van der Waals surface area (Å²) < 4.78 is 5.79. The van der Waals surface area contributed by atoms with Crippen molar-refractivity contribution >= 4 is 34.0 Å². The van der Waals surface area contributed by atoms with E-state index in [1.807, 2.05) is 18.2 Å². The van der Waals surface area contributed by atoms with Crippen LogP contribution in [0.5, 0.6) is 5.75 Å². The minimum Gasteiger partial charge on any atom is -0.494 e. The Morgan fingerprint density at radius 1 is 1.14 bits per heavy atom. The highest BCUT2D eigenvalue weighted by molar-refractivity contribution is 7.15. The third-order valence-electron chi connectivity index (χ3n) is 5.38. The molecule has 2 aliphatic rings. The number of amides is 2. The van der Waals surface area contributed by atoms with E-state index in [4.69, 9.17) is 4.74 Å². The van der Waals surface area contributed by atoms with Gasteiger partial charge in [-0.1, -0.05) is 12.8 Å². The van der Waals surface area contributed by atoms with E-state index < -0.39 is 0 Å². The number of thiazole rings is 1. The Bertz CT molecular complexity index is 868. The maximum atomic E-state index is 12.3. The van der Waals surface area contributed by atoms with E-state index in [0.717, 1.165) is 41.4 Å². The van der Waals surface area contributed by atoms with Crippen molar-refractivity contribution in [3.63, 3.8) is 0 Å². The van der Waals surface area contributed by atoms with Crippen LogP contribution in [0.4, 0.5) is 10.8 Å². The highest BCUT2D eigenvalue weighted by Crippen LogP contribution is 2.29. The predicted molar refractivity (Wildman–Crippen MR) is 115 cm³/mol. The Balaban J connectivity index is 1.21. The Kier molecular flexibility index (Phi) is 6.44. The number of nitrogens with zero attached hydrogens (tertiary/aromatic N) is 1. The Hall–Kier alpha value is -2.41. The van der Waals surface area contributed by atoms with Crippen molar-refractivity contribution in [3.05, 3.63) is 34.3 Å². The molecule has 29 heavy (non-hydrogen) atoms. The van der Waals surface area contributed by atoms with Gasteiger partial charge in [-0.15, -0.1) is 11.3 Å². The fourth-order valence-electron chi connectivity index (χ4n) is 3.81. The van der Waals surface area contributed by atoms with Crippen LogP contribution in [0.25, 0.3) is 0 Å². The second-order valence-electron chi connectivity index (χ2n) is 7.67. The third-order valence-corrected chi connectivity index (χ3v) is 6.45. The summed E-state index contributed by atoms with van der Waals surface area (Å²) >= 11 is 1.63. The normalized spacial score (nSPS) is 16.1. The molecule has 0 saturated carbocycles. The van der Waals surface area contributed by atoms with Gasteiger partial charge in [0, 0.05) is 23.4 Å². The van der Waals surface area contributed by atoms with E-state index in [-0.39, 0.29) is 11.8 Å². The fraction of sp³-hybridized carbons (Fsp3) is 0.500. The Morgan fingerprint density at radius 2 is 2.00 bits per heavy atom. The molecular weight excluding hydrogens is 386 g/mol. The van der Waals surface area contributed by atoms with Gasteiger partial charge in [0.2, 0.25) is 11.8 Å². The van der Waals surface area contributed by atoms with E-state index in [0.29, 0.717) is 25.9 Å². The summed E-state index contributed by atoms with van der Waals surface area (Å²) in [6, 6.07) is 5.71. The lowest BCUT2D eigenvalue weighted by atomic mass is 10.0. The van der Waals surface area contributed by atoms with E-state index >= 15 is 0 Å². The van der Waals surface area contributed by atoms with Gasteiger partial charge in [0.05, 0.1) is 12.3 Å². The predicted octanol–water partition coefficient (Wildman–Crippen LogP) is 4.48. The van der Waals surface area contributed by atoms with Crippen molar-refractivity contribution < 1.29 is 14.3 Å². The number of fused-ring (bicyclic) bond motifs is 2. The van der Waals surface area contributed by atoms with Crippen molar-refractivity contribution in [2.24, 2.45) is 0 Å². The third kappa shape index (κ3) is 5.35. The van der Waals surface area contributed by atoms with E-state index in [2.05, 4.69) is 15.6 Å². The lowest BCUT2D eigenvalue weighted by molar-refractivity contribution is -0.117. The average molecular weight is 414 g/mol. The van der Waals surface area contributed by atoms with Crippen LogP contribution in [-0.2, 0) is 28.9 Å². The topological polar surface area (TPSA) is 80.3 Å². The van der Waals surface area contributed by atoms with E-state index in [1.165, 1.54) is 36.3 Å². The van der Waals surface area contributed by atoms with Crippen LogP contribution in [-0.4, -0.2) is 23.4 Å². The molecule has 0 atom stereocenters. The highest BCUT2D eigenvalue weighted by Gasteiger charge is 2.16. The number of carbonyl (C=O) groups excluding carboxylic acids is 2. The Labute approximate surface area is 175 Å². The minimum atomic E-state index is -0.0107. The van der Waals surface area contributed by atoms with E-state index in [1.54, 1.807) is 11.3 Å². The van der Waals surface area contributed by atoms with Crippen LogP contribution >= 0.6 is 11.3 Å². The number of rotatable bonds is 6. The van der Waals surface area contributed by atoms with Gasteiger partial charge in [-0.3, -0.25) is 9.59 Å². The number of anilines is 2. The number of carbonyl (C=O) groups is 2. The standard InChI is InChI=1S/C22H27N3O3S/c26-20(25-22-24-18-6-3-1-2-4-7-19(18)29-22)8-5-13-28-16-10-11-17-15(14-16)9-12-21(27)23-17/h10-11,14H,1-9,12-13H2,(H,23,27)(H,24,25,26). The molecule has 6 nitrogen and oxygen atoms in total. The number of nitrogens with one attached hydrogen (secondary N) is 2. The molecule has 0 unspecified atom stereocenters. The van der Waals surface area contributed by atoms with Crippen LogP contribution in [0.1, 0.15) is 61.1 Å². The SMILES string of the molecule is O=C(CCCOc1ccc2c(c1)CCC(=O)N2)Nc1nc2c(s1)CCCCCC2. The zero-order chi connectivity index (χ0) is 20.1.